The summed E-state index contributed by atoms with van der Waals surface area (Å²) in [6.45, 7) is 0.383. The quantitative estimate of drug-likeness (QED) is 0.803. The summed E-state index contributed by atoms with van der Waals surface area (Å²) in [5.74, 6) is 0.842. The van der Waals surface area contributed by atoms with Gasteiger partial charge in [-0.1, -0.05) is 18.2 Å². The number of hydrogen-bond acceptors (Lipinski definition) is 3. The van der Waals surface area contributed by atoms with Crippen LogP contribution >= 0.6 is 0 Å². The zero-order valence-electron chi connectivity index (χ0n) is 10.0. The van der Waals surface area contributed by atoms with Gasteiger partial charge in [0.25, 0.3) is 0 Å². The van der Waals surface area contributed by atoms with E-state index in [1.807, 2.05) is 24.3 Å². The molecule has 3 N–H and O–H groups in total. The molecule has 4 nitrogen and oxygen atoms in total. The lowest BCUT2D eigenvalue weighted by Crippen LogP contribution is -2.36. The van der Waals surface area contributed by atoms with Crippen LogP contribution in [-0.2, 0) is 10.3 Å². The maximum atomic E-state index is 11.6. The lowest BCUT2D eigenvalue weighted by molar-refractivity contribution is -0.121. The molecule has 0 bridgehead atoms. The van der Waals surface area contributed by atoms with Crippen molar-refractivity contribution in [3.63, 3.8) is 0 Å². The molecule has 0 radical (unpaired) electrons. The van der Waals surface area contributed by atoms with Crippen LogP contribution < -0.4 is 15.8 Å². The van der Waals surface area contributed by atoms with Gasteiger partial charge in [0.15, 0.2) is 0 Å². The van der Waals surface area contributed by atoms with Crippen LogP contribution in [0.5, 0.6) is 5.75 Å². The first-order valence-electron chi connectivity index (χ1n) is 5.86. The van der Waals surface area contributed by atoms with E-state index in [4.69, 9.17) is 10.5 Å². The Labute approximate surface area is 101 Å². The summed E-state index contributed by atoms with van der Waals surface area (Å²) in [4.78, 5) is 11.6. The second-order valence-electron chi connectivity index (χ2n) is 4.37. The van der Waals surface area contributed by atoms with Crippen molar-refractivity contribution in [2.24, 2.45) is 5.73 Å². The normalized spacial score (nSPS) is 16.4. The number of amides is 1. The monoisotopic (exact) mass is 234 g/mol. The Bertz CT molecular complexity index is 414. The zero-order chi connectivity index (χ0) is 12.3. The van der Waals surface area contributed by atoms with Gasteiger partial charge in [-0.25, -0.2) is 0 Å². The van der Waals surface area contributed by atoms with Crippen LogP contribution in [0.15, 0.2) is 24.3 Å². The third-order valence-electron chi connectivity index (χ3n) is 3.12. The lowest BCUT2D eigenvalue weighted by Gasteiger charge is -2.20. The van der Waals surface area contributed by atoms with Crippen molar-refractivity contribution in [1.29, 1.82) is 0 Å². The van der Waals surface area contributed by atoms with Crippen LogP contribution in [0.2, 0.25) is 0 Å². The summed E-state index contributed by atoms with van der Waals surface area (Å²) in [6, 6.07) is 7.83. The van der Waals surface area contributed by atoms with E-state index in [1.54, 1.807) is 7.11 Å². The topological polar surface area (TPSA) is 64.3 Å². The van der Waals surface area contributed by atoms with E-state index in [1.165, 1.54) is 0 Å². The largest absolute Gasteiger partial charge is 0.496 e. The smallest absolute Gasteiger partial charge is 0.221 e. The summed E-state index contributed by atoms with van der Waals surface area (Å²) in [5, 5.41) is 3.06. The molecule has 1 saturated carbocycles. The van der Waals surface area contributed by atoms with Crippen molar-refractivity contribution in [3.05, 3.63) is 29.8 Å². The second-order valence-corrected chi connectivity index (χ2v) is 4.37. The van der Waals surface area contributed by atoms with E-state index in [9.17, 15) is 4.79 Å². The molecule has 92 valence electrons. The number of nitrogens with two attached hydrogens (primary N) is 1. The molecule has 1 aliphatic rings. The zero-order valence-corrected chi connectivity index (χ0v) is 10.0. The fraction of sp³-hybridized carbons (Fsp3) is 0.462. The molecular formula is C13H18N2O2. The minimum Gasteiger partial charge on any atom is -0.496 e. The number of rotatable bonds is 5. The van der Waals surface area contributed by atoms with Gasteiger partial charge in [0.05, 0.1) is 12.6 Å². The number of benzene rings is 1. The number of carbonyl (C=O) groups excluding carboxylic acids is 1. The molecule has 0 atom stereocenters. The third kappa shape index (κ3) is 2.42. The fourth-order valence-corrected chi connectivity index (χ4v) is 2.09. The van der Waals surface area contributed by atoms with Crippen molar-refractivity contribution in [1.82, 2.24) is 5.32 Å². The van der Waals surface area contributed by atoms with Gasteiger partial charge in [0, 0.05) is 18.5 Å². The van der Waals surface area contributed by atoms with Crippen molar-refractivity contribution in [2.75, 3.05) is 13.7 Å². The highest BCUT2D eigenvalue weighted by atomic mass is 16.5. The summed E-state index contributed by atoms with van der Waals surface area (Å²) in [7, 11) is 1.65. The molecule has 1 aromatic carbocycles. The van der Waals surface area contributed by atoms with Gasteiger partial charge < -0.3 is 15.8 Å². The molecule has 1 aromatic rings. The summed E-state index contributed by atoms with van der Waals surface area (Å²) < 4.78 is 5.34. The van der Waals surface area contributed by atoms with Gasteiger partial charge >= 0.3 is 0 Å². The maximum Gasteiger partial charge on any atom is 0.221 e. The summed E-state index contributed by atoms with van der Waals surface area (Å²) in [6.07, 6.45) is 2.30. The van der Waals surface area contributed by atoms with Crippen LogP contribution in [0.3, 0.4) is 0 Å². The molecule has 0 aromatic heterocycles. The first-order valence-corrected chi connectivity index (χ1v) is 5.86. The van der Waals surface area contributed by atoms with Crippen molar-refractivity contribution < 1.29 is 9.53 Å². The highest BCUT2D eigenvalue weighted by Crippen LogP contribution is 2.48. The molecular weight excluding hydrogens is 216 g/mol. The van der Waals surface area contributed by atoms with E-state index < -0.39 is 0 Å². The number of carbonyl (C=O) groups is 1. The molecule has 0 unspecified atom stereocenters. The number of para-hydroxylation sites is 1. The minimum atomic E-state index is -0.223. The van der Waals surface area contributed by atoms with Crippen LogP contribution in [0.25, 0.3) is 0 Å². The van der Waals surface area contributed by atoms with Gasteiger partial charge in [-0.3, -0.25) is 4.79 Å². The molecule has 17 heavy (non-hydrogen) atoms. The highest BCUT2D eigenvalue weighted by Gasteiger charge is 2.47. The van der Waals surface area contributed by atoms with E-state index in [-0.39, 0.29) is 11.4 Å². The Morgan fingerprint density at radius 1 is 1.47 bits per heavy atom. The van der Waals surface area contributed by atoms with Gasteiger partial charge in [-0.2, -0.15) is 0 Å². The highest BCUT2D eigenvalue weighted by molar-refractivity contribution is 5.78. The van der Waals surface area contributed by atoms with E-state index >= 15 is 0 Å². The average Bonchev–Trinajstić information content (AvgIpc) is 3.10. The first kappa shape index (κ1) is 11.9. The Balaban J connectivity index is 2.18. The van der Waals surface area contributed by atoms with Gasteiger partial charge in [-0.05, 0) is 18.9 Å². The number of nitrogens with one attached hydrogen (secondary N) is 1. The van der Waals surface area contributed by atoms with E-state index in [0.717, 1.165) is 24.2 Å². The SMILES string of the molecule is COc1ccccc1C1(NC(=O)CCN)CC1. The maximum absolute atomic E-state index is 11.6. The first-order chi connectivity index (χ1) is 8.22. The van der Waals surface area contributed by atoms with Crippen LogP contribution in [-0.4, -0.2) is 19.6 Å². The van der Waals surface area contributed by atoms with E-state index in [0.29, 0.717) is 13.0 Å². The fourth-order valence-electron chi connectivity index (χ4n) is 2.09. The molecule has 1 fully saturated rings. The Kier molecular flexibility index (Phi) is 3.33. The standard InChI is InChI=1S/C13H18N2O2/c1-17-11-5-3-2-4-10(11)13(7-8-13)15-12(16)6-9-14/h2-5H,6-9,14H2,1H3,(H,15,16). The predicted octanol–water partition coefficient (Wildman–Crippen LogP) is 1.15. The summed E-state index contributed by atoms with van der Waals surface area (Å²) in [5.41, 5.74) is 6.22. The Hall–Kier alpha value is -1.55. The molecule has 1 amide bonds. The molecule has 4 heteroatoms. The third-order valence-corrected chi connectivity index (χ3v) is 3.12. The molecule has 1 aliphatic carbocycles. The van der Waals surface area contributed by atoms with Crippen molar-refractivity contribution in [2.45, 2.75) is 24.8 Å². The van der Waals surface area contributed by atoms with Gasteiger partial charge in [0.2, 0.25) is 5.91 Å². The lowest BCUT2D eigenvalue weighted by atomic mass is 10.0. The average molecular weight is 234 g/mol. The van der Waals surface area contributed by atoms with Crippen LogP contribution in [0.4, 0.5) is 0 Å². The molecule has 0 aliphatic heterocycles. The number of ether oxygens (including phenoxy) is 1. The Morgan fingerprint density at radius 2 is 2.18 bits per heavy atom. The molecule has 0 spiro atoms. The van der Waals surface area contributed by atoms with E-state index in [2.05, 4.69) is 5.32 Å². The van der Waals surface area contributed by atoms with Gasteiger partial charge in [-0.15, -0.1) is 0 Å². The number of hydrogen-bond donors (Lipinski definition) is 2. The molecule has 0 heterocycles. The molecule has 2 rings (SSSR count). The Morgan fingerprint density at radius 3 is 2.76 bits per heavy atom. The van der Waals surface area contributed by atoms with Crippen molar-refractivity contribution in [3.8, 4) is 5.75 Å². The van der Waals surface area contributed by atoms with Crippen molar-refractivity contribution >= 4 is 5.91 Å². The second kappa shape index (κ2) is 4.75. The van der Waals surface area contributed by atoms with Crippen LogP contribution in [0.1, 0.15) is 24.8 Å². The van der Waals surface area contributed by atoms with Crippen LogP contribution in [0, 0.1) is 0 Å². The minimum absolute atomic E-state index is 0.0101. The van der Waals surface area contributed by atoms with Gasteiger partial charge in [0.1, 0.15) is 5.75 Å². The number of methoxy groups -OCH3 is 1. The summed E-state index contributed by atoms with van der Waals surface area (Å²) >= 11 is 0. The molecule has 0 saturated heterocycles. The predicted molar refractivity (Wildman–Crippen MR) is 65.7 cm³/mol.